The van der Waals surface area contributed by atoms with E-state index in [0.29, 0.717) is 73.3 Å². The van der Waals surface area contributed by atoms with Crippen molar-refractivity contribution in [2.24, 2.45) is 11.8 Å². The zero-order valence-corrected chi connectivity index (χ0v) is 58.9. The van der Waals surface area contributed by atoms with Gasteiger partial charge in [0.05, 0.1) is 89.2 Å². The highest BCUT2D eigenvalue weighted by Crippen LogP contribution is 2.36. The van der Waals surface area contributed by atoms with E-state index < -0.39 is 0 Å². The Kier molecular flexibility index (Phi) is 18.1. The Morgan fingerprint density at radius 1 is 0.520 bits per heavy atom. The van der Waals surface area contributed by atoms with E-state index in [0.717, 1.165) is 171 Å². The van der Waals surface area contributed by atoms with E-state index in [1.54, 1.807) is 39.3 Å². The maximum absolute atomic E-state index is 13.3. The molecule has 2 aliphatic carbocycles. The number of pyridine rings is 3. The minimum Gasteiger partial charge on any atom is -0.497 e. The molecule has 6 aromatic carbocycles. The van der Waals surface area contributed by atoms with Crippen molar-refractivity contribution < 1.29 is 33.4 Å². The Balaban J connectivity index is 0.000000118. The first-order valence-corrected chi connectivity index (χ1v) is 36.1. The number of ether oxygens (including phenoxy) is 3. The number of halogens is 1. The molecule has 18 rings (SSSR count). The van der Waals surface area contributed by atoms with Gasteiger partial charge in [-0.25, -0.2) is 14.0 Å². The Hall–Kier alpha value is -11.0. The summed E-state index contributed by atoms with van der Waals surface area (Å²) in [5, 5.41) is 19.8. The number of H-pyrrole nitrogens is 2. The van der Waals surface area contributed by atoms with E-state index in [4.69, 9.17) is 29.5 Å². The monoisotopic (exact) mass is 1430 g/mol. The highest BCUT2D eigenvalue weighted by Gasteiger charge is 2.29. The van der Waals surface area contributed by atoms with Crippen LogP contribution in [0.3, 0.4) is 0 Å². The maximum atomic E-state index is 13.3. The molecule has 4 aliphatic rings. The van der Waals surface area contributed by atoms with Crippen LogP contribution in [0.25, 0.3) is 71.6 Å². The number of methoxy groups -OCH3 is 3. The van der Waals surface area contributed by atoms with Gasteiger partial charge in [0.2, 0.25) is 0 Å². The Morgan fingerprint density at radius 2 is 1.02 bits per heavy atom. The number of ketones is 3. The zero-order chi connectivity index (χ0) is 69.5. The number of hydrogen-bond acceptors (Lipinski definition) is 14. The van der Waals surface area contributed by atoms with Gasteiger partial charge in [-0.05, 0) is 206 Å². The van der Waals surface area contributed by atoms with Gasteiger partial charge in [0.25, 0.3) is 5.91 Å². The van der Waals surface area contributed by atoms with Gasteiger partial charge in [-0.3, -0.25) is 34.1 Å². The highest BCUT2D eigenvalue weighted by atomic mass is 79.9. The predicted octanol–water partition coefficient (Wildman–Crippen LogP) is 15.2. The molecule has 0 saturated carbocycles. The number of aromatic nitrogens is 11. The molecule has 14 aromatic rings. The number of rotatable bonds is 13. The van der Waals surface area contributed by atoms with Crippen LogP contribution in [0.1, 0.15) is 96.4 Å². The number of Topliss-reactive ketones (excluding diaryl/α,β-unsaturated/α-hetero) is 3. The molecule has 102 heavy (non-hydrogen) atoms. The molecule has 10 heterocycles. The van der Waals surface area contributed by atoms with Crippen molar-refractivity contribution in [3.05, 3.63) is 244 Å². The summed E-state index contributed by atoms with van der Waals surface area (Å²) in [6, 6.07) is 47.2. The molecule has 8 aromatic heterocycles. The second-order valence-corrected chi connectivity index (χ2v) is 28.5. The Morgan fingerprint density at radius 3 is 1.56 bits per heavy atom. The van der Waals surface area contributed by atoms with Gasteiger partial charge in [-0.1, -0.05) is 34.1 Å². The van der Waals surface area contributed by atoms with Gasteiger partial charge >= 0.3 is 0 Å². The van der Waals surface area contributed by atoms with Gasteiger partial charge in [0, 0.05) is 129 Å². The van der Waals surface area contributed by atoms with Crippen molar-refractivity contribution in [3.8, 4) is 34.3 Å². The molecular weight excluding hydrogens is 1360 g/mol. The molecule has 2 aliphatic heterocycles. The summed E-state index contributed by atoms with van der Waals surface area (Å²) >= 11 is 5.05. The van der Waals surface area contributed by atoms with Gasteiger partial charge in [-0.2, -0.15) is 15.3 Å². The topological polar surface area (TPSA) is 223 Å². The first-order valence-electron chi connectivity index (χ1n) is 34.3. The van der Waals surface area contributed by atoms with Gasteiger partial charge in [-0.15, -0.1) is 11.8 Å². The first kappa shape index (κ1) is 65.6. The lowest BCUT2D eigenvalue weighted by Crippen LogP contribution is -2.33. The average molecular weight is 1440 g/mol. The van der Waals surface area contributed by atoms with Crippen LogP contribution in [0.4, 0.5) is 0 Å². The average Bonchev–Trinajstić information content (AvgIpc) is 1.57. The van der Waals surface area contributed by atoms with Gasteiger partial charge in [0.1, 0.15) is 23.0 Å². The number of nitrogens with zero attached hydrogens (tertiary/aromatic N) is 10. The SMILES string of the molecule is COc1ccc2nccc(-n3cc4c(n3)CCC(CC(=O)c3cc5cc(Br)ccc5[nH]3)C4)c2c1.COc1ccc2nccc(-n3cc4c(n3)CCC(CC(=O)c3cc5ccccc5[nH]3)C4)c2c1.COc1ccc2nccc(-n3cc4c(n3)CCN(C(=O)c3ccc5c(c3)CC(=O)CS5)CC4)c2c1. The Labute approximate surface area is 599 Å². The van der Waals surface area contributed by atoms with Crippen molar-refractivity contribution in [1.82, 2.24) is 59.2 Å². The number of carbonyl (C=O) groups is 4. The molecule has 0 saturated heterocycles. The molecule has 0 spiro atoms. The Bertz CT molecular complexity index is 5560. The second-order valence-electron chi connectivity index (χ2n) is 26.6. The van der Waals surface area contributed by atoms with Gasteiger partial charge in [0.15, 0.2) is 11.6 Å². The van der Waals surface area contributed by atoms with Crippen LogP contribution in [-0.4, -0.2) is 123 Å². The van der Waals surface area contributed by atoms with Crippen molar-refractivity contribution in [3.63, 3.8) is 0 Å². The summed E-state index contributed by atoms with van der Waals surface area (Å²) < 4.78 is 23.1. The summed E-state index contributed by atoms with van der Waals surface area (Å²) in [4.78, 5) is 74.1. The second kappa shape index (κ2) is 28.2. The number of hydrogen-bond donors (Lipinski definition) is 2. The molecule has 2 unspecified atom stereocenters. The quantitative estimate of drug-likeness (QED) is 0.103. The summed E-state index contributed by atoms with van der Waals surface area (Å²) in [5.74, 6) is 4.09. The third kappa shape index (κ3) is 13.5. The van der Waals surface area contributed by atoms with Crippen LogP contribution < -0.4 is 14.2 Å². The van der Waals surface area contributed by atoms with Crippen LogP contribution in [-0.2, 0) is 49.7 Å². The molecule has 19 nitrogen and oxygen atoms in total. The fraction of sp³-hybridized carbons (Fsp3) is 0.235. The summed E-state index contributed by atoms with van der Waals surface area (Å²) in [6.07, 6.45) is 20.1. The van der Waals surface area contributed by atoms with E-state index in [1.165, 1.54) is 11.1 Å². The number of para-hydroxylation sites is 1. The lowest BCUT2D eigenvalue weighted by Gasteiger charge is -2.22. The van der Waals surface area contributed by atoms with Crippen molar-refractivity contribution in [2.75, 3.05) is 40.2 Å². The largest absolute Gasteiger partial charge is 0.497 e. The minimum atomic E-state index is 0.0149. The van der Waals surface area contributed by atoms with Crippen LogP contribution in [0, 0.1) is 11.8 Å². The normalized spacial score (nSPS) is 15.5. The number of benzene rings is 6. The molecule has 2 atom stereocenters. The number of aryl methyl sites for hydroxylation is 2. The van der Waals surface area contributed by atoms with E-state index in [2.05, 4.69) is 59.4 Å². The lowest BCUT2D eigenvalue weighted by atomic mass is 9.84. The van der Waals surface area contributed by atoms with E-state index in [9.17, 15) is 19.2 Å². The van der Waals surface area contributed by atoms with E-state index >= 15 is 0 Å². The number of nitrogens with one attached hydrogen (secondary N) is 2. The van der Waals surface area contributed by atoms with Crippen LogP contribution in [0.5, 0.6) is 17.2 Å². The van der Waals surface area contributed by atoms with Gasteiger partial charge < -0.3 is 29.1 Å². The van der Waals surface area contributed by atoms with Crippen LogP contribution in [0.15, 0.2) is 192 Å². The zero-order valence-electron chi connectivity index (χ0n) is 56.5. The number of thioether (sulfide) groups is 1. The summed E-state index contributed by atoms with van der Waals surface area (Å²) in [7, 11) is 4.99. The molecule has 2 N–H and O–H groups in total. The van der Waals surface area contributed by atoms with Crippen LogP contribution in [0.2, 0.25) is 0 Å². The standard InChI is InChI=1S/C27H23BrN4O2.C27H24N4O3S.C27H24N4O2/c1-34-20-4-7-24-21(14-20)26(8-9-29-24)32-15-18-10-16(2-5-23(18)31-32)11-27(33)25-13-17-12-19(28)3-6-22(17)30-25;1-34-21-3-4-24-22(14-21)25(6-9-28-24)31-15-18-7-10-30(11-8-23(18)29-31)27(33)17-2-5-26-19(12-17)13-20(32)16-35-26;1-33-20-7-9-24-21(15-20)26(10-11-28-24)31-16-19-12-17(6-8-23(19)30-31)13-27(32)25-14-18-4-2-3-5-22(18)29-25/h3-4,6-9,12-16,30H,2,5,10-11H2,1H3;2-6,9,12,14-15H,7-8,10-11,13,16H2,1H3;2-5,7,9-11,14-17,29H,6,8,12-13H2,1H3. The summed E-state index contributed by atoms with van der Waals surface area (Å²) in [6.45, 7) is 1.24. The lowest BCUT2D eigenvalue weighted by molar-refractivity contribution is -0.116. The highest BCUT2D eigenvalue weighted by molar-refractivity contribution is 9.10. The van der Waals surface area contributed by atoms with Crippen molar-refractivity contribution in [1.29, 1.82) is 0 Å². The number of carbonyl (C=O) groups excluding carboxylic acids is 4. The first-order chi connectivity index (χ1) is 49.8. The fourth-order valence-electron chi connectivity index (χ4n) is 14.7. The fourth-order valence-corrected chi connectivity index (χ4v) is 16.0. The molecule has 1 amide bonds. The number of fused-ring (bicyclic) bond motifs is 9. The minimum absolute atomic E-state index is 0.0149. The number of amides is 1. The molecule has 510 valence electrons. The molecular formula is C81H71BrN12O7S. The predicted molar refractivity (Wildman–Crippen MR) is 399 cm³/mol. The third-order valence-corrected chi connectivity index (χ3v) is 21.7. The molecule has 21 heteroatoms. The van der Waals surface area contributed by atoms with E-state index in [-0.39, 0.29) is 23.3 Å². The third-order valence-electron chi connectivity index (χ3n) is 20.0. The smallest absolute Gasteiger partial charge is 0.253 e. The maximum Gasteiger partial charge on any atom is 0.253 e. The number of aromatic amines is 2. The summed E-state index contributed by atoms with van der Waals surface area (Å²) in [5.41, 5.74) is 17.5. The molecule has 0 radical (unpaired) electrons. The van der Waals surface area contributed by atoms with Crippen molar-refractivity contribution in [2.45, 2.75) is 75.5 Å². The van der Waals surface area contributed by atoms with Crippen LogP contribution >= 0.6 is 27.7 Å². The molecule has 0 bridgehead atoms. The molecule has 0 fully saturated rings. The van der Waals surface area contributed by atoms with Crippen molar-refractivity contribution >= 4 is 105 Å². The van der Waals surface area contributed by atoms with E-state index in [1.807, 2.05) is 177 Å².